The Balaban J connectivity index is 2.26. The zero-order valence-electron chi connectivity index (χ0n) is 9.74. The first-order valence-corrected chi connectivity index (χ1v) is 6.06. The quantitative estimate of drug-likeness (QED) is 0.826. The molecule has 2 aromatic rings. The van der Waals surface area contributed by atoms with Crippen LogP contribution in [0.2, 0.25) is 0 Å². The van der Waals surface area contributed by atoms with E-state index in [4.69, 9.17) is 9.47 Å². The average molecular weight is 293 g/mol. The number of halogens is 1. The highest BCUT2D eigenvalue weighted by molar-refractivity contribution is 9.10. The highest BCUT2D eigenvalue weighted by Gasteiger charge is 2.05. The van der Waals surface area contributed by atoms with E-state index in [1.54, 1.807) is 7.11 Å². The molecule has 3 heteroatoms. The Bertz CT molecular complexity index is 506. The lowest BCUT2D eigenvalue weighted by Crippen LogP contribution is -1.90. The Morgan fingerprint density at radius 3 is 2.29 bits per heavy atom. The molecular weight excluding hydrogens is 280 g/mol. The molecule has 2 aromatic carbocycles. The largest absolute Gasteiger partial charge is 0.493 e. The zero-order valence-corrected chi connectivity index (χ0v) is 11.3. The Kier molecular flexibility index (Phi) is 3.69. The number of ether oxygens (including phenoxy) is 2. The summed E-state index contributed by atoms with van der Waals surface area (Å²) in [5.41, 5.74) is 1.21. The molecule has 0 heterocycles. The molecule has 0 spiro atoms. The fourth-order valence-electron chi connectivity index (χ4n) is 1.46. The molecule has 0 amide bonds. The average Bonchev–Trinajstić information content (AvgIpc) is 2.34. The minimum Gasteiger partial charge on any atom is -0.493 e. The predicted molar refractivity (Wildman–Crippen MR) is 71.9 cm³/mol. The number of hydrogen-bond acceptors (Lipinski definition) is 2. The van der Waals surface area contributed by atoms with Crippen LogP contribution in [-0.4, -0.2) is 7.11 Å². The van der Waals surface area contributed by atoms with Crippen molar-refractivity contribution in [3.63, 3.8) is 0 Å². The van der Waals surface area contributed by atoms with E-state index in [1.807, 2.05) is 49.4 Å². The fraction of sp³-hybridized carbons (Fsp3) is 0.143. The molecule has 0 bridgehead atoms. The molecule has 2 nitrogen and oxygen atoms in total. The van der Waals surface area contributed by atoms with E-state index in [0.29, 0.717) is 11.5 Å². The van der Waals surface area contributed by atoms with Crippen molar-refractivity contribution in [1.29, 1.82) is 0 Å². The summed E-state index contributed by atoms with van der Waals surface area (Å²) in [5.74, 6) is 2.22. The second-order valence-corrected chi connectivity index (χ2v) is 4.63. The van der Waals surface area contributed by atoms with Crippen LogP contribution < -0.4 is 9.47 Å². The van der Waals surface area contributed by atoms with Gasteiger partial charge in [0.25, 0.3) is 0 Å². The van der Waals surface area contributed by atoms with Crippen LogP contribution in [0.1, 0.15) is 5.56 Å². The van der Waals surface area contributed by atoms with Gasteiger partial charge in [0.05, 0.1) is 7.11 Å². The van der Waals surface area contributed by atoms with Crippen LogP contribution >= 0.6 is 15.9 Å². The molecule has 0 saturated heterocycles. The van der Waals surface area contributed by atoms with E-state index in [1.165, 1.54) is 5.56 Å². The third-order valence-corrected chi connectivity index (χ3v) is 2.87. The summed E-state index contributed by atoms with van der Waals surface area (Å²) in [5, 5.41) is 0. The van der Waals surface area contributed by atoms with E-state index in [2.05, 4.69) is 15.9 Å². The van der Waals surface area contributed by atoms with Gasteiger partial charge in [-0.15, -0.1) is 0 Å². The van der Waals surface area contributed by atoms with Gasteiger partial charge in [0, 0.05) is 4.47 Å². The normalized spacial score (nSPS) is 10.1. The van der Waals surface area contributed by atoms with Gasteiger partial charge in [0.2, 0.25) is 0 Å². The molecule has 0 aliphatic rings. The Morgan fingerprint density at radius 2 is 1.65 bits per heavy atom. The van der Waals surface area contributed by atoms with Crippen molar-refractivity contribution >= 4 is 15.9 Å². The van der Waals surface area contributed by atoms with Gasteiger partial charge in [-0.3, -0.25) is 0 Å². The van der Waals surface area contributed by atoms with Crippen molar-refractivity contribution in [2.45, 2.75) is 6.92 Å². The van der Waals surface area contributed by atoms with Crippen molar-refractivity contribution in [2.24, 2.45) is 0 Å². The summed E-state index contributed by atoms with van der Waals surface area (Å²) in [6.07, 6.45) is 0. The van der Waals surface area contributed by atoms with Crippen LogP contribution in [-0.2, 0) is 0 Å². The highest BCUT2D eigenvalue weighted by atomic mass is 79.9. The molecule has 0 aliphatic heterocycles. The molecule has 0 fully saturated rings. The molecule has 0 unspecified atom stereocenters. The van der Waals surface area contributed by atoms with Gasteiger partial charge >= 0.3 is 0 Å². The molecule has 17 heavy (non-hydrogen) atoms. The van der Waals surface area contributed by atoms with Crippen LogP contribution in [0.3, 0.4) is 0 Å². The molecule has 88 valence electrons. The number of rotatable bonds is 3. The Morgan fingerprint density at radius 1 is 0.941 bits per heavy atom. The maximum atomic E-state index is 5.76. The number of benzene rings is 2. The van der Waals surface area contributed by atoms with Gasteiger partial charge in [-0.25, -0.2) is 0 Å². The third-order valence-electron chi connectivity index (χ3n) is 2.37. The summed E-state index contributed by atoms with van der Waals surface area (Å²) >= 11 is 3.40. The maximum absolute atomic E-state index is 5.76. The fourth-order valence-corrected chi connectivity index (χ4v) is 1.80. The van der Waals surface area contributed by atoms with E-state index in [9.17, 15) is 0 Å². The maximum Gasteiger partial charge on any atom is 0.169 e. The molecule has 0 atom stereocenters. The lowest BCUT2D eigenvalue weighted by molar-refractivity contribution is 0.378. The van der Waals surface area contributed by atoms with Crippen LogP contribution in [0, 0.1) is 6.92 Å². The standard InChI is InChI=1S/C14H13BrO2/c1-10-3-6-12(7-4-10)17-13-8-5-11(15)9-14(13)16-2/h3-9H,1-2H3. The Labute approximate surface area is 109 Å². The first-order valence-electron chi connectivity index (χ1n) is 5.27. The van der Waals surface area contributed by atoms with Crippen LogP contribution in [0.15, 0.2) is 46.9 Å². The smallest absolute Gasteiger partial charge is 0.169 e. The molecule has 0 aromatic heterocycles. The lowest BCUT2D eigenvalue weighted by atomic mass is 10.2. The molecule has 0 saturated carbocycles. The van der Waals surface area contributed by atoms with Crippen LogP contribution in [0.5, 0.6) is 17.2 Å². The highest BCUT2D eigenvalue weighted by Crippen LogP contribution is 2.33. The van der Waals surface area contributed by atoms with Gasteiger partial charge in [-0.05, 0) is 37.3 Å². The molecule has 2 rings (SSSR count). The van der Waals surface area contributed by atoms with Gasteiger partial charge in [-0.2, -0.15) is 0 Å². The summed E-state index contributed by atoms with van der Waals surface area (Å²) in [6, 6.07) is 13.6. The first-order chi connectivity index (χ1) is 8.19. The minimum absolute atomic E-state index is 0.708. The topological polar surface area (TPSA) is 18.5 Å². The van der Waals surface area contributed by atoms with Crippen molar-refractivity contribution < 1.29 is 9.47 Å². The second-order valence-electron chi connectivity index (χ2n) is 3.71. The van der Waals surface area contributed by atoms with Crippen molar-refractivity contribution in [3.05, 3.63) is 52.5 Å². The number of aryl methyl sites for hydroxylation is 1. The number of hydrogen-bond donors (Lipinski definition) is 0. The second kappa shape index (κ2) is 5.23. The molecule has 0 radical (unpaired) electrons. The third kappa shape index (κ3) is 3.01. The molecular formula is C14H13BrO2. The van der Waals surface area contributed by atoms with Crippen molar-refractivity contribution in [3.8, 4) is 17.2 Å². The predicted octanol–water partition coefficient (Wildman–Crippen LogP) is 4.56. The van der Waals surface area contributed by atoms with Crippen LogP contribution in [0.25, 0.3) is 0 Å². The molecule has 0 N–H and O–H groups in total. The van der Waals surface area contributed by atoms with Crippen molar-refractivity contribution in [1.82, 2.24) is 0 Å². The van der Waals surface area contributed by atoms with Gasteiger partial charge in [0.1, 0.15) is 5.75 Å². The lowest BCUT2D eigenvalue weighted by Gasteiger charge is -2.10. The monoisotopic (exact) mass is 292 g/mol. The Hall–Kier alpha value is -1.48. The summed E-state index contributed by atoms with van der Waals surface area (Å²) in [6.45, 7) is 2.05. The zero-order chi connectivity index (χ0) is 12.3. The van der Waals surface area contributed by atoms with E-state index in [-0.39, 0.29) is 0 Å². The van der Waals surface area contributed by atoms with Gasteiger partial charge in [0.15, 0.2) is 11.5 Å². The van der Waals surface area contributed by atoms with E-state index >= 15 is 0 Å². The van der Waals surface area contributed by atoms with E-state index < -0.39 is 0 Å². The van der Waals surface area contributed by atoms with Crippen LogP contribution in [0.4, 0.5) is 0 Å². The molecule has 0 aliphatic carbocycles. The summed E-state index contributed by atoms with van der Waals surface area (Å²) in [4.78, 5) is 0. The number of methoxy groups -OCH3 is 1. The minimum atomic E-state index is 0.708. The van der Waals surface area contributed by atoms with Crippen molar-refractivity contribution in [2.75, 3.05) is 7.11 Å². The van der Waals surface area contributed by atoms with Gasteiger partial charge in [-0.1, -0.05) is 33.6 Å². The van der Waals surface area contributed by atoms with Gasteiger partial charge < -0.3 is 9.47 Å². The summed E-state index contributed by atoms with van der Waals surface area (Å²) < 4.78 is 12.0. The van der Waals surface area contributed by atoms with E-state index in [0.717, 1.165) is 10.2 Å². The SMILES string of the molecule is COc1cc(Br)ccc1Oc1ccc(C)cc1. The first kappa shape index (κ1) is 12.0. The summed E-state index contributed by atoms with van der Waals surface area (Å²) in [7, 11) is 1.63.